The van der Waals surface area contributed by atoms with E-state index in [0.717, 1.165) is 38.8 Å². The van der Waals surface area contributed by atoms with Gasteiger partial charge in [0.05, 0.1) is 10.6 Å². The van der Waals surface area contributed by atoms with Crippen LogP contribution in [0.25, 0.3) is 0 Å². The van der Waals surface area contributed by atoms with Crippen molar-refractivity contribution in [1.29, 1.82) is 0 Å². The van der Waals surface area contributed by atoms with Gasteiger partial charge >= 0.3 is 0 Å². The lowest BCUT2D eigenvalue weighted by atomic mass is 9.98. The molecule has 2 nitrogen and oxygen atoms in total. The molecule has 0 bridgehead atoms. The molecular formula is C16H22BrF2NO. The van der Waals surface area contributed by atoms with Gasteiger partial charge in [-0.3, -0.25) is 0 Å². The zero-order chi connectivity index (χ0) is 15.2. The Morgan fingerprint density at radius 1 is 1.43 bits per heavy atom. The topological polar surface area (TPSA) is 21.3 Å². The van der Waals surface area contributed by atoms with Crippen molar-refractivity contribution in [2.75, 3.05) is 13.2 Å². The van der Waals surface area contributed by atoms with E-state index >= 15 is 0 Å². The van der Waals surface area contributed by atoms with Crippen molar-refractivity contribution < 1.29 is 13.5 Å². The minimum atomic E-state index is -0.491. The summed E-state index contributed by atoms with van der Waals surface area (Å²) in [5.41, 5.74) is 0.155. The van der Waals surface area contributed by atoms with Crippen LogP contribution in [-0.4, -0.2) is 25.3 Å². The quantitative estimate of drug-likeness (QED) is 0.734. The number of likely N-dealkylation sites (N-methyl/N-ethyl adjacent to an activating group) is 1. The number of rotatable bonds is 7. The molecule has 1 fully saturated rings. The number of benzene rings is 1. The lowest BCUT2D eigenvalue weighted by Crippen LogP contribution is -2.32. The van der Waals surface area contributed by atoms with Crippen LogP contribution in [0.3, 0.4) is 0 Å². The van der Waals surface area contributed by atoms with Crippen molar-refractivity contribution in [3.63, 3.8) is 0 Å². The van der Waals surface area contributed by atoms with E-state index in [9.17, 15) is 8.78 Å². The van der Waals surface area contributed by atoms with Gasteiger partial charge in [0.25, 0.3) is 0 Å². The molecule has 0 aliphatic carbocycles. The van der Waals surface area contributed by atoms with Crippen LogP contribution in [0.15, 0.2) is 16.6 Å². The summed E-state index contributed by atoms with van der Waals surface area (Å²) in [6, 6.07) is 2.78. The zero-order valence-electron chi connectivity index (χ0n) is 12.3. The fraction of sp³-hybridized carbons (Fsp3) is 0.625. The van der Waals surface area contributed by atoms with Crippen LogP contribution in [0.1, 0.15) is 38.2 Å². The standard InChI is InChI=1S/C16H22BrF2NO/c1-2-20-11(5-6-12-4-3-9-21-12)10-13-15(18)8-7-14(17)16(13)19/h7-8,11-12,20H,2-6,9-10H2,1H3. The van der Waals surface area contributed by atoms with Gasteiger partial charge in [0.1, 0.15) is 11.6 Å². The normalized spacial score (nSPS) is 19.9. The van der Waals surface area contributed by atoms with E-state index in [0.29, 0.717) is 17.0 Å². The van der Waals surface area contributed by atoms with Crippen molar-refractivity contribution in [2.24, 2.45) is 0 Å². The van der Waals surface area contributed by atoms with E-state index in [2.05, 4.69) is 21.2 Å². The minimum absolute atomic E-state index is 0.0671. The maximum absolute atomic E-state index is 14.1. The van der Waals surface area contributed by atoms with Crippen LogP contribution >= 0.6 is 15.9 Å². The summed E-state index contributed by atoms with van der Waals surface area (Å²) >= 11 is 3.12. The van der Waals surface area contributed by atoms with Crippen LogP contribution in [0, 0.1) is 11.6 Å². The first-order valence-electron chi connectivity index (χ1n) is 7.59. The molecule has 1 heterocycles. The average molecular weight is 362 g/mol. The highest BCUT2D eigenvalue weighted by atomic mass is 79.9. The SMILES string of the molecule is CCNC(CCC1CCCO1)Cc1c(F)ccc(Br)c1F. The predicted molar refractivity (Wildman–Crippen MR) is 83.4 cm³/mol. The molecule has 1 aromatic rings. The number of nitrogens with one attached hydrogen (secondary N) is 1. The molecule has 21 heavy (non-hydrogen) atoms. The van der Waals surface area contributed by atoms with Crippen molar-refractivity contribution >= 4 is 15.9 Å². The average Bonchev–Trinajstić information content (AvgIpc) is 2.98. The Balaban J connectivity index is 1.99. The van der Waals surface area contributed by atoms with Crippen molar-refractivity contribution in [1.82, 2.24) is 5.32 Å². The van der Waals surface area contributed by atoms with Crippen molar-refractivity contribution in [2.45, 2.75) is 51.2 Å². The number of ether oxygens (including phenoxy) is 1. The van der Waals surface area contributed by atoms with Crippen LogP contribution in [0.5, 0.6) is 0 Å². The lowest BCUT2D eigenvalue weighted by Gasteiger charge is -2.20. The molecule has 1 aromatic carbocycles. The smallest absolute Gasteiger partial charge is 0.143 e. The Bertz CT molecular complexity index is 464. The molecule has 0 saturated carbocycles. The summed E-state index contributed by atoms with van der Waals surface area (Å²) in [4.78, 5) is 0. The Kier molecular flexibility index (Phi) is 6.58. The van der Waals surface area contributed by atoms with Gasteiger partial charge in [-0.05, 0) is 66.7 Å². The van der Waals surface area contributed by atoms with Crippen molar-refractivity contribution in [3.05, 3.63) is 33.8 Å². The summed E-state index contributed by atoms with van der Waals surface area (Å²) in [6.45, 7) is 3.63. The molecular weight excluding hydrogens is 340 g/mol. The van der Waals surface area contributed by atoms with Crippen molar-refractivity contribution in [3.8, 4) is 0 Å². The van der Waals surface area contributed by atoms with E-state index in [1.807, 2.05) is 6.92 Å². The first kappa shape index (κ1) is 16.8. The Hall–Kier alpha value is -0.520. The Morgan fingerprint density at radius 2 is 2.24 bits per heavy atom. The minimum Gasteiger partial charge on any atom is -0.378 e. The molecule has 0 aromatic heterocycles. The molecule has 1 aliphatic heterocycles. The molecule has 0 amide bonds. The maximum Gasteiger partial charge on any atom is 0.143 e. The number of hydrogen-bond acceptors (Lipinski definition) is 2. The van der Waals surface area contributed by atoms with Gasteiger partial charge in [-0.2, -0.15) is 0 Å². The fourth-order valence-electron chi connectivity index (χ4n) is 2.83. The third-order valence-corrected chi connectivity index (χ3v) is 4.56. The lowest BCUT2D eigenvalue weighted by molar-refractivity contribution is 0.0995. The highest BCUT2D eigenvalue weighted by Crippen LogP contribution is 2.24. The van der Waals surface area contributed by atoms with Gasteiger partial charge in [0, 0.05) is 18.2 Å². The predicted octanol–water partition coefficient (Wildman–Crippen LogP) is 4.21. The van der Waals surface area contributed by atoms with E-state index in [-0.39, 0.29) is 11.6 Å². The molecule has 1 N–H and O–H groups in total. The second-order valence-corrected chi connectivity index (χ2v) is 6.35. The summed E-state index contributed by atoms with van der Waals surface area (Å²) in [7, 11) is 0. The van der Waals surface area contributed by atoms with Gasteiger partial charge in [-0.15, -0.1) is 0 Å². The van der Waals surface area contributed by atoms with Crippen LogP contribution in [0.4, 0.5) is 8.78 Å². The first-order chi connectivity index (χ1) is 10.1. The van der Waals surface area contributed by atoms with E-state index in [4.69, 9.17) is 4.74 Å². The molecule has 0 spiro atoms. The van der Waals surface area contributed by atoms with Gasteiger partial charge in [0.15, 0.2) is 0 Å². The highest BCUT2D eigenvalue weighted by Gasteiger charge is 2.20. The summed E-state index contributed by atoms with van der Waals surface area (Å²) in [5, 5.41) is 3.32. The van der Waals surface area contributed by atoms with Gasteiger partial charge < -0.3 is 10.1 Å². The third-order valence-electron chi connectivity index (χ3n) is 3.94. The largest absolute Gasteiger partial charge is 0.378 e. The summed E-state index contributed by atoms with van der Waals surface area (Å²) < 4.78 is 33.9. The summed E-state index contributed by atoms with van der Waals surface area (Å²) in [6.07, 6.45) is 4.68. The Labute approximate surface area is 133 Å². The molecule has 1 saturated heterocycles. The maximum atomic E-state index is 14.1. The monoisotopic (exact) mass is 361 g/mol. The van der Waals surface area contributed by atoms with Gasteiger partial charge in [0.2, 0.25) is 0 Å². The molecule has 1 aliphatic rings. The first-order valence-corrected chi connectivity index (χ1v) is 8.38. The van der Waals surface area contributed by atoms with Crippen LogP contribution in [0.2, 0.25) is 0 Å². The highest BCUT2D eigenvalue weighted by molar-refractivity contribution is 9.10. The Morgan fingerprint density at radius 3 is 2.90 bits per heavy atom. The van der Waals surface area contributed by atoms with Gasteiger partial charge in [-0.25, -0.2) is 8.78 Å². The second kappa shape index (κ2) is 8.20. The molecule has 2 atom stereocenters. The van der Waals surface area contributed by atoms with Gasteiger partial charge in [-0.1, -0.05) is 6.92 Å². The van der Waals surface area contributed by atoms with Crippen LogP contribution in [-0.2, 0) is 11.2 Å². The van der Waals surface area contributed by atoms with E-state index < -0.39 is 11.6 Å². The zero-order valence-corrected chi connectivity index (χ0v) is 13.9. The molecule has 5 heteroatoms. The van der Waals surface area contributed by atoms with Crippen LogP contribution < -0.4 is 5.32 Å². The fourth-order valence-corrected chi connectivity index (χ4v) is 3.20. The summed E-state index contributed by atoms with van der Waals surface area (Å²) in [5.74, 6) is -0.967. The van der Waals surface area contributed by atoms with E-state index in [1.165, 1.54) is 12.1 Å². The molecule has 2 rings (SSSR count). The van der Waals surface area contributed by atoms with E-state index in [1.54, 1.807) is 0 Å². The second-order valence-electron chi connectivity index (χ2n) is 5.49. The molecule has 0 radical (unpaired) electrons. The molecule has 2 unspecified atom stereocenters. The third kappa shape index (κ3) is 4.73. The molecule has 118 valence electrons. The number of halogens is 3. The number of hydrogen-bond donors (Lipinski definition) is 1.